The number of fused-ring (bicyclic) bond motifs is 1. The number of aryl methyl sites for hydroxylation is 1. The SMILES string of the molecule is CC(C)n1cc(-c2cc3c(cnn3C)cc2N)cn1. The van der Waals surface area contributed by atoms with Gasteiger partial charge in [-0.25, -0.2) is 0 Å². The smallest absolute Gasteiger partial charge is 0.0686 e. The Labute approximate surface area is 111 Å². The van der Waals surface area contributed by atoms with Crippen LogP contribution in [0.5, 0.6) is 0 Å². The molecule has 0 aliphatic heterocycles. The molecule has 0 spiro atoms. The van der Waals surface area contributed by atoms with Crippen molar-refractivity contribution in [2.45, 2.75) is 19.9 Å². The summed E-state index contributed by atoms with van der Waals surface area (Å²) in [7, 11) is 1.93. The molecule has 0 fully saturated rings. The minimum atomic E-state index is 0.343. The van der Waals surface area contributed by atoms with Gasteiger partial charge in [0.15, 0.2) is 0 Å². The van der Waals surface area contributed by atoms with Gasteiger partial charge in [0.1, 0.15) is 0 Å². The molecule has 0 aliphatic carbocycles. The minimum absolute atomic E-state index is 0.343. The molecule has 0 radical (unpaired) electrons. The van der Waals surface area contributed by atoms with Crippen LogP contribution in [-0.4, -0.2) is 19.6 Å². The highest BCUT2D eigenvalue weighted by atomic mass is 15.3. The van der Waals surface area contributed by atoms with Gasteiger partial charge >= 0.3 is 0 Å². The number of aromatic nitrogens is 4. The van der Waals surface area contributed by atoms with Gasteiger partial charge < -0.3 is 5.73 Å². The van der Waals surface area contributed by atoms with Crippen LogP contribution in [0.4, 0.5) is 5.69 Å². The highest BCUT2D eigenvalue weighted by molar-refractivity contribution is 5.91. The molecule has 0 unspecified atom stereocenters. The molecule has 0 saturated carbocycles. The maximum absolute atomic E-state index is 6.14. The first-order chi connectivity index (χ1) is 9.06. The highest BCUT2D eigenvalue weighted by Gasteiger charge is 2.10. The summed E-state index contributed by atoms with van der Waals surface area (Å²) in [6.07, 6.45) is 5.71. The molecule has 0 saturated heterocycles. The number of nitrogens with two attached hydrogens (primary N) is 1. The molecule has 3 rings (SSSR count). The van der Waals surface area contributed by atoms with Crippen molar-refractivity contribution >= 4 is 16.6 Å². The van der Waals surface area contributed by atoms with E-state index in [1.54, 1.807) is 0 Å². The fraction of sp³-hybridized carbons (Fsp3) is 0.286. The second kappa shape index (κ2) is 4.12. The summed E-state index contributed by atoms with van der Waals surface area (Å²) < 4.78 is 3.79. The number of hydrogen-bond acceptors (Lipinski definition) is 3. The van der Waals surface area contributed by atoms with Crippen molar-refractivity contribution in [1.29, 1.82) is 0 Å². The summed E-state index contributed by atoms with van der Waals surface area (Å²) in [5.41, 5.74) is 10.0. The van der Waals surface area contributed by atoms with E-state index in [4.69, 9.17) is 5.73 Å². The van der Waals surface area contributed by atoms with Gasteiger partial charge in [0, 0.05) is 41.5 Å². The second-order valence-electron chi connectivity index (χ2n) is 5.07. The fourth-order valence-electron chi connectivity index (χ4n) is 2.23. The molecule has 1 aromatic carbocycles. The van der Waals surface area contributed by atoms with Crippen molar-refractivity contribution < 1.29 is 0 Å². The lowest BCUT2D eigenvalue weighted by Gasteiger charge is -2.06. The van der Waals surface area contributed by atoms with Crippen molar-refractivity contribution in [3.05, 3.63) is 30.7 Å². The summed E-state index contributed by atoms with van der Waals surface area (Å²) >= 11 is 0. The third kappa shape index (κ3) is 1.87. The first kappa shape index (κ1) is 11.8. The molecule has 2 aromatic heterocycles. The molecule has 2 N–H and O–H groups in total. The number of hydrogen-bond donors (Lipinski definition) is 1. The Morgan fingerprint density at radius 3 is 2.63 bits per heavy atom. The van der Waals surface area contributed by atoms with Crippen molar-refractivity contribution in [2.75, 3.05) is 5.73 Å². The van der Waals surface area contributed by atoms with E-state index >= 15 is 0 Å². The van der Waals surface area contributed by atoms with Crippen molar-refractivity contribution in [3.8, 4) is 11.1 Å². The number of nitrogens with zero attached hydrogens (tertiary/aromatic N) is 4. The van der Waals surface area contributed by atoms with Gasteiger partial charge in [-0.1, -0.05) is 0 Å². The number of benzene rings is 1. The molecule has 5 heteroatoms. The normalized spacial score (nSPS) is 11.6. The van der Waals surface area contributed by atoms with E-state index in [9.17, 15) is 0 Å². The average Bonchev–Trinajstić information content (AvgIpc) is 2.96. The lowest BCUT2D eigenvalue weighted by atomic mass is 10.1. The van der Waals surface area contributed by atoms with Crippen LogP contribution < -0.4 is 5.73 Å². The van der Waals surface area contributed by atoms with Crippen LogP contribution >= 0.6 is 0 Å². The summed E-state index contributed by atoms with van der Waals surface area (Å²) in [5.74, 6) is 0. The van der Waals surface area contributed by atoms with Crippen molar-refractivity contribution in [2.24, 2.45) is 7.05 Å². The molecule has 0 amide bonds. The highest BCUT2D eigenvalue weighted by Crippen LogP contribution is 2.30. The molecule has 3 aromatic rings. The fourth-order valence-corrected chi connectivity index (χ4v) is 2.23. The van der Waals surface area contributed by atoms with Gasteiger partial charge in [-0.2, -0.15) is 10.2 Å². The van der Waals surface area contributed by atoms with E-state index in [0.717, 1.165) is 27.7 Å². The van der Waals surface area contributed by atoms with Crippen LogP contribution in [0.2, 0.25) is 0 Å². The molecule has 2 heterocycles. The Kier molecular flexibility index (Phi) is 2.55. The first-order valence-electron chi connectivity index (χ1n) is 6.32. The van der Waals surface area contributed by atoms with Gasteiger partial charge in [-0.3, -0.25) is 9.36 Å². The number of anilines is 1. The summed E-state index contributed by atoms with van der Waals surface area (Å²) in [4.78, 5) is 0. The lowest BCUT2D eigenvalue weighted by molar-refractivity contribution is 0.532. The molecule has 0 bridgehead atoms. The van der Waals surface area contributed by atoms with Crippen molar-refractivity contribution in [3.63, 3.8) is 0 Å². The summed E-state index contributed by atoms with van der Waals surface area (Å²) in [5, 5.41) is 9.66. The Hall–Kier alpha value is -2.30. The maximum Gasteiger partial charge on any atom is 0.0686 e. The topological polar surface area (TPSA) is 61.7 Å². The predicted molar refractivity (Wildman–Crippen MR) is 76.7 cm³/mol. The Morgan fingerprint density at radius 1 is 1.16 bits per heavy atom. The zero-order valence-electron chi connectivity index (χ0n) is 11.3. The Morgan fingerprint density at radius 2 is 1.95 bits per heavy atom. The van der Waals surface area contributed by atoms with Crippen LogP contribution in [0.1, 0.15) is 19.9 Å². The summed E-state index contributed by atoms with van der Waals surface area (Å²) in [6.45, 7) is 4.20. The van der Waals surface area contributed by atoms with Crippen LogP contribution in [0.15, 0.2) is 30.7 Å². The average molecular weight is 255 g/mol. The second-order valence-corrected chi connectivity index (χ2v) is 5.07. The zero-order valence-corrected chi connectivity index (χ0v) is 11.3. The van der Waals surface area contributed by atoms with Gasteiger partial charge in [0.2, 0.25) is 0 Å². The largest absolute Gasteiger partial charge is 0.398 e. The Balaban J connectivity index is 2.17. The quantitative estimate of drug-likeness (QED) is 0.716. The molecule has 5 nitrogen and oxygen atoms in total. The molecular weight excluding hydrogens is 238 g/mol. The maximum atomic E-state index is 6.14. The van der Waals surface area contributed by atoms with Gasteiger partial charge in [-0.15, -0.1) is 0 Å². The van der Waals surface area contributed by atoms with Crippen molar-refractivity contribution in [1.82, 2.24) is 19.6 Å². The van der Waals surface area contributed by atoms with E-state index < -0.39 is 0 Å². The van der Waals surface area contributed by atoms with E-state index in [-0.39, 0.29) is 0 Å². The molecule has 19 heavy (non-hydrogen) atoms. The predicted octanol–water partition coefficient (Wildman–Crippen LogP) is 2.60. The zero-order chi connectivity index (χ0) is 13.6. The van der Waals surface area contributed by atoms with E-state index in [0.29, 0.717) is 6.04 Å². The third-order valence-electron chi connectivity index (χ3n) is 3.36. The molecule has 0 atom stereocenters. The van der Waals surface area contributed by atoms with E-state index in [1.165, 1.54) is 0 Å². The third-order valence-corrected chi connectivity index (χ3v) is 3.36. The molecular formula is C14H17N5. The van der Waals surface area contributed by atoms with Gasteiger partial charge in [-0.05, 0) is 26.0 Å². The summed E-state index contributed by atoms with van der Waals surface area (Å²) in [6, 6.07) is 4.37. The van der Waals surface area contributed by atoms with Crippen LogP contribution in [0.3, 0.4) is 0 Å². The van der Waals surface area contributed by atoms with Crippen LogP contribution in [0.25, 0.3) is 22.0 Å². The first-order valence-corrected chi connectivity index (χ1v) is 6.32. The molecule has 98 valence electrons. The van der Waals surface area contributed by atoms with Gasteiger partial charge in [0.05, 0.1) is 17.9 Å². The van der Waals surface area contributed by atoms with Gasteiger partial charge in [0.25, 0.3) is 0 Å². The van der Waals surface area contributed by atoms with E-state index in [1.807, 2.05) is 41.1 Å². The minimum Gasteiger partial charge on any atom is -0.398 e. The number of nitrogen functional groups attached to an aromatic ring is 1. The number of rotatable bonds is 2. The molecule has 0 aliphatic rings. The van der Waals surface area contributed by atoms with Crippen LogP contribution in [-0.2, 0) is 7.05 Å². The van der Waals surface area contributed by atoms with Crippen LogP contribution in [0, 0.1) is 0 Å². The monoisotopic (exact) mass is 255 g/mol. The standard InChI is InChI=1S/C14H17N5/c1-9(2)19-8-11(7-17-19)12-5-14-10(4-13(12)15)6-16-18(14)3/h4-9H,15H2,1-3H3. The lowest BCUT2D eigenvalue weighted by Crippen LogP contribution is -1.99. The van der Waals surface area contributed by atoms with E-state index in [2.05, 4.69) is 30.1 Å². The Bertz CT molecular complexity index is 735.